The van der Waals surface area contributed by atoms with Gasteiger partial charge in [-0.1, -0.05) is 18.7 Å². The van der Waals surface area contributed by atoms with Gasteiger partial charge in [-0.05, 0) is 6.92 Å². The number of nitrogens with zero attached hydrogens (tertiary/aromatic N) is 1. The Morgan fingerprint density at radius 3 is 2.75 bits per heavy atom. The van der Waals surface area contributed by atoms with E-state index < -0.39 is 6.04 Å². The van der Waals surface area contributed by atoms with Crippen LogP contribution in [0.3, 0.4) is 0 Å². The summed E-state index contributed by atoms with van der Waals surface area (Å²) < 4.78 is 5.03. The summed E-state index contributed by atoms with van der Waals surface area (Å²) in [4.78, 5) is 36.9. The first-order valence-corrected chi connectivity index (χ1v) is 8.79. The van der Waals surface area contributed by atoms with Gasteiger partial charge in [-0.3, -0.25) is 9.59 Å². The number of amides is 1. The number of carbonyl (C=O) groups excluding carboxylic acids is 3. The van der Waals surface area contributed by atoms with Gasteiger partial charge >= 0.3 is 5.97 Å². The van der Waals surface area contributed by atoms with Crippen LogP contribution in [0.1, 0.15) is 20.8 Å². The van der Waals surface area contributed by atoms with Crippen LogP contribution in [0.2, 0.25) is 0 Å². The van der Waals surface area contributed by atoms with E-state index in [4.69, 9.17) is 4.74 Å². The summed E-state index contributed by atoms with van der Waals surface area (Å²) >= 11 is 2.80. The maximum Gasteiger partial charge on any atom is 0.329 e. The van der Waals surface area contributed by atoms with E-state index in [2.05, 4.69) is 0 Å². The predicted octanol–water partition coefficient (Wildman–Crippen LogP) is 1.41. The van der Waals surface area contributed by atoms with Crippen molar-refractivity contribution in [3.8, 4) is 0 Å². The topological polar surface area (TPSA) is 63.7 Å². The quantitative estimate of drug-likeness (QED) is 0.714. The van der Waals surface area contributed by atoms with E-state index in [9.17, 15) is 14.4 Å². The molecule has 2 unspecified atom stereocenters. The Labute approximate surface area is 128 Å². The molecule has 0 spiro atoms. The maximum atomic E-state index is 12.4. The summed E-state index contributed by atoms with van der Waals surface area (Å²) in [6, 6.07) is -0.494. The minimum absolute atomic E-state index is 0.000734. The molecule has 1 fully saturated rings. The minimum Gasteiger partial charge on any atom is -0.464 e. The van der Waals surface area contributed by atoms with E-state index >= 15 is 0 Å². The molecule has 0 saturated carbocycles. The lowest BCUT2D eigenvalue weighted by molar-refractivity contribution is -0.154. The molecule has 0 aliphatic carbocycles. The fourth-order valence-electron chi connectivity index (χ4n) is 1.90. The molecule has 0 N–H and O–H groups in total. The molecule has 7 heteroatoms. The first-order chi connectivity index (χ1) is 9.47. The third-order valence-electron chi connectivity index (χ3n) is 2.93. The second-order valence-corrected chi connectivity index (χ2v) is 6.92. The first kappa shape index (κ1) is 17.4. The smallest absolute Gasteiger partial charge is 0.329 e. The van der Waals surface area contributed by atoms with Crippen LogP contribution in [0.4, 0.5) is 0 Å². The highest BCUT2D eigenvalue weighted by atomic mass is 32.2. The summed E-state index contributed by atoms with van der Waals surface area (Å²) in [6.07, 6.45) is 0. The lowest BCUT2D eigenvalue weighted by Gasteiger charge is -2.35. The van der Waals surface area contributed by atoms with E-state index in [0.29, 0.717) is 24.7 Å². The SMILES string of the molecule is CCOC(=O)C1CSCCN1C(=O)C(C)CSC(C)=O. The van der Waals surface area contributed by atoms with Crippen LogP contribution in [0.15, 0.2) is 0 Å². The van der Waals surface area contributed by atoms with E-state index in [1.165, 1.54) is 6.92 Å². The van der Waals surface area contributed by atoms with Crippen molar-refractivity contribution in [2.75, 3.05) is 30.4 Å². The van der Waals surface area contributed by atoms with Crippen molar-refractivity contribution in [3.05, 3.63) is 0 Å². The highest BCUT2D eigenvalue weighted by Crippen LogP contribution is 2.21. The largest absolute Gasteiger partial charge is 0.464 e. The van der Waals surface area contributed by atoms with Gasteiger partial charge in [0.2, 0.25) is 5.91 Å². The third kappa shape index (κ3) is 5.01. The molecule has 5 nitrogen and oxygen atoms in total. The Morgan fingerprint density at radius 1 is 1.45 bits per heavy atom. The van der Waals surface area contributed by atoms with Crippen molar-refractivity contribution in [2.45, 2.75) is 26.8 Å². The Morgan fingerprint density at radius 2 is 2.15 bits per heavy atom. The van der Waals surface area contributed by atoms with E-state index in [-0.39, 0.29) is 22.9 Å². The van der Waals surface area contributed by atoms with Crippen LogP contribution >= 0.6 is 23.5 Å². The molecule has 0 radical (unpaired) electrons. The Kier molecular flexibility index (Phi) is 7.43. The van der Waals surface area contributed by atoms with Crippen LogP contribution in [0.5, 0.6) is 0 Å². The average molecular weight is 319 g/mol. The zero-order valence-electron chi connectivity index (χ0n) is 12.1. The van der Waals surface area contributed by atoms with Crippen LogP contribution in [0.25, 0.3) is 0 Å². The summed E-state index contributed by atoms with van der Waals surface area (Å²) in [6.45, 7) is 5.91. The number of ether oxygens (including phenoxy) is 1. The van der Waals surface area contributed by atoms with Gasteiger partial charge in [-0.25, -0.2) is 4.79 Å². The van der Waals surface area contributed by atoms with Crippen molar-refractivity contribution < 1.29 is 19.1 Å². The molecule has 1 heterocycles. The fraction of sp³-hybridized carbons (Fsp3) is 0.769. The van der Waals surface area contributed by atoms with E-state index in [1.54, 1.807) is 30.5 Å². The molecule has 114 valence electrons. The van der Waals surface area contributed by atoms with Gasteiger partial charge < -0.3 is 9.64 Å². The summed E-state index contributed by atoms with van der Waals surface area (Å²) in [5.74, 6) is 1.18. The second-order valence-electron chi connectivity index (χ2n) is 4.58. The highest BCUT2D eigenvalue weighted by molar-refractivity contribution is 8.13. The normalized spacial score (nSPS) is 20.4. The molecule has 0 aromatic carbocycles. The minimum atomic E-state index is -0.494. The van der Waals surface area contributed by atoms with Crippen LogP contribution in [-0.2, 0) is 19.1 Å². The molecule has 0 aromatic heterocycles. The molecule has 1 saturated heterocycles. The third-order valence-corrected chi connectivity index (χ3v) is 5.02. The molecular formula is C13H21NO4S2. The van der Waals surface area contributed by atoms with Crippen molar-refractivity contribution in [2.24, 2.45) is 5.92 Å². The summed E-state index contributed by atoms with van der Waals surface area (Å²) in [7, 11) is 0. The fourth-order valence-corrected chi connectivity index (χ4v) is 3.56. The molecule has 1 amide bonds. The zero-order chi connectivity index (χ0) is 15.1. The number of esters is 1. The Bertz CT molecular complexity index is 375. The molecular weight excluding hydrogens is 298 g/mol. The van der Waals surface area contributed by atoms with Crippen LogP contribution in [0, 0.1) is 5.92 Å². The van der Waals surface area contributed by atoms with Gasteiger partial charge in [0.15, 0.2) is 5.12 Å². The predicted molar refractivity (Wildman–Crippen MR) is 81.8 cm³/mol. The molecule has 1 aliphatic rings. The van der Waals surface area contributed by atoms with Crippen LogP contribution < -0.4 is 0 Å². The Balaban J connectivity index is 2.66. The van der Waals surface area contributed by atoms with Gasteiger partial charge in [0.1, 0.15) is 6.04 Å². The van der Waals surface area contributed by atoms with E-state index in [1.807, 2.05) is 0 Å². The number of thioether (sulfide) groups is 2. The van der Waals surface area contributed by atoms with Crippen LogP contribution in [-0.4, -0.2) is 58.3 Å². The molecule has 0 bridgehead atoms. The van der Waals surface area contributed by atoms with Crippen molar-refractivity contribution in [1.82, 2.24) is 4.90 Å². The highest BCUT2D eigenvalue weighted by Gasteiger charge is 2.35. The molecule has 0 aromatic rings. The summed E-state index contributed by atoms with van der Waals surface area (Å²) in [5, 5.41) is 0.000734. The van der Waals surface area contributed by atoms with Gasteiger partial charge in [-0.2, -0.15) is 11.8 Å². The molecule has 1 rings (SSSR count). The van der Waals surface area contributed by atoms with Gasteiger partial charge in [0, 0.05) is 36.6 Å². The Hall–Kier alpha value is -0.690. The van der Waals surface area contributed by atoms with E-state index in [0.717, 1.165) is 17.5 Å². The van der Waals surface area contributed by atoms with Gasteiger partial charge in [0.05, 0.1) is 6.61 Å². The molecule has 1 aliphatic heterocycles. The molecule has 2 atom stereocenters. The molecule has 20 heavy (non-hydrogen) atoms. The monoisotopic (exact) mass is 319 g/mol. The second kappa shape index (κ2) is 8.56. The lowest BCUT2D eigenvalue weighted by Crippen LogP contribution is -2.52. The van der Waals surface area contributed by atoms with Gasteiger partial charge in [0.25, 0.3) is 0 Å². The average Bonchev–Trinajstić information content (AvgIpc) is 2.44. The standard InChI is InChI=1S/C13H21NO4S2/c1-4-18-13(17)11-8-19-6-5-14(11)12(16)9(2)7-20-10(3)15/h9,11H,4-8H2,1-3H3. The number of hydrogen-bond acceptors (Lipinski definition) is 6. The number of carbonyl (C=O) groups is 3. The van der Waals surface area contributed by atoms with Crippen molar-refractivity contribution in [1.29, 1.82) is 0 Å². The number of rotatable bonds is 5. The zero-order valence-corrected chi connectivity index (χ0v) is 13.7. The lowest BCUT2D eigenvalue weighted by atomic mass is 10.1. The van der Waals surface area contributed by atoms with Gasteiger partial charge in [-0.15, -0.1) is 0 Å². The first-order valence-electron chi connectivity index (χ1n) is 6.65. The maximum absolute atomic E-state index is 12.4. The number of hydrogen-bond donors (Lipinski definition) is 0. The summed E-state index contributed by atoms with van der Waals surface area (Å²) in [5.41, 5.74) is 0. The van der Waals surface area contributed by atoms with Crippen molar-refractivity contribution in [3.63, 3.8) is 0 Å². The van der Waals surface area contributed by atoms with Crippen molar-refractivity contribution >= 4 is 40.5 Å².